The van der Waals surface area contributed by atoms with Gasteiger partial charge in [-0.05, 0) is 56.7 Å². The van der Waals surface area contributed by atoms with Crippen molar-refractivity contribution >= 4 is 61.7 Å². The van der Waals surface area contributed by atoms with Gasteiger partial charge in [-0.25, -0.2) is 9.97 Å². The minimum Gasteiger partial charge on any atom is -0.378 e. The fourth-order valence-electron chi connectivity index (χ4n) is 1.49. The van der Waals surface area contributed by atoms with Crippen LogP contribution in [0.15, 0.2) is 22.7 Å². The van der Waals surface area contributed by atoms with Crippen LogP contribution in [0.5, 0.6) is 0 Å². The number of hydrogen-bond donors (Lipinski definition) is 0. The van der Waals surface area contributed by atoms with Crippen LogP contribution in [0.3, 0.4) is 0 Å². The van der Waals surface area contributed by atoms with Crippen LogP contribution in [0.2, 0.25) is 10.2 Å². The number of aromatic nitrogens is 2. The Labute approximate surface area is 143 Å². The van der Waals surface area contributed by atoms with E-state index in [1.54, 1.807) is 19.2 Å². The van der Waals surface area contributed by atoms with Crippen molar-refractivity contribution in [3.8, 4) is 11.4 Å². The summed E-state index contributed by atoms with van der Waals surface area (Å²) in [6, 6.07) is 5.43. The minimum atomic E-state index is 0.388. The maximum absolute atomic E-state index is 6.13. The lowest BCUT2D eigenvalue weighted by atomic mass is 10.2. The van der Waals surface area contributed by atoms with Gasteiger partial charge in [0.05, 0.1) is 15.9 Å². The number of ether oxygens (including phenoxy) is 1. The highest BCUT2D eigenvalue weighted by molar-refractivity contribution is 14.1. The Morgan fingerprint density at radius 2 is 2.05 bits per heavy atom. The molecule has 100 valence electrons. The molecule has 0 unspecified atom stereocenters. The molecule has 3 nitrogen and oxygen atoms in total. The molecular formula is C12H8BrCl2IN2O. The van der Waals surface area contributed by atoms with Crippen LogP contribution in [0.1, 0.15) is 5.69 Å². The Morgan fingerprint density at radius 1 is 1.32 bits per heavy atom. The lowest BCUT2D eigenvalue weighted by Crippen LogP contribution is -2.02. The van der Waals surface area contributed by atoms with Gasteiger partial charge in [0.1, 0.15) is 5.15 Å². The summed E-state index contributed by atoms with van der Waals surface area (Å²) in [5, 5.41) is 1.06. The molecule has 2 rings (SSSR count). The van der Waals surface area contributed by atoms with E-state index in [4.69, 9.17) is 27.9 Å². The molecule has 1 heterocycles. The molecule has 0 bridgehead atoms. The lowest BCUT2D eigenvalue weighted by Gasteiger charge is -2.09. The van der Waals surface area contributed by atoms with E-state index in [2.05, 4.69) is 48.5 Å². The van der Waals surface area contributed by atoms with Crippen LogP contribution >= 0.6 is 61.7 Å². The number of hydrogen-bond acceptors (Lipinski definition) is 3. The van der Waals surface area contributed by atoms with Crippen molar-refractivity contribution in [3.05, 3.63) is 42.1 Å². The Morgan fingerprint density at radius 3 is 2.68 bits per heavy atom. The Bertz CT molecular complexity index is 625. The van der Waals surface area contributed by atoms with E-state index < -0.39 is 0 Å². The summed E-state index contributed by atoms with van der Waals surface area (Å²) in [4.78, 5) is 8.78. The van der Waals surface area contributed by atoms with Crippen molar-refractivity contribution in [2.45, 2.75) is 6.61 Å². The van der Waals surface area contributed by atoms with Gasteiger partial charge in [0.15, 0.2) is 5.82 Å². The third-order valence-corrected chi connectivity index (χ3v) is 4.95. The Kier molecular flexibility index (Phi) is 5.42. The fourth-order valence-corrected chi connectivity index (χ4v) is 2.93. The molecule has 0 aliphatic carbocycles. The van der Waals surface area contributed by atoms with Gasteiger partial charge in [-0.2, -0.15) is 0 Å². The topological polar surface area (TPSA) is 35.0 Å². The first-order valence-electron chi connectivity index (χ1n) is 5.19. The first-order valence-corrected chi connectivity index (χ1v) is 7.82. The summed E-state index contributed by atoms with van der Waals surface area (Å²) in [5.74, 6) is 0.543. The second-order valence-electron chi connectivity index (χ2n) is 3.66. The van der Waals surface area contributed by atoms with Gasteiger partial charge in [-0.1, -0.05) is 23.2 Å². The van der Waals surface area contributed by atoms with Crippen LogP contribution in [0.4, 0.5) is 0 Å². The maximum atomic E-state index is 6.13. The Hall–Kier alpha value is 0.0500. The molecular weight excluding hydrogens is 466 g/mol. The van der Waals surface area contributed by atoms with Crippen LogP contribution in [0.25, 0.3) is 11.4 Å². The number of benzene rings is 1. The average molecular weight is 474 g/mol. The maximum Gasteiger partial charge on any atom is 0.162 e. The molecule has 1 aromatic heterocycles. The normalized spacial score (nSPS) is 10.8. The monoisotopic (exact) mass is 472 g/mol. The van der Waals surface area contributed by atoms with E-state index in [1.807, 2.05) is 6.07 Å². The smallest absolute Gasteiger partial charge is 0.162 e. The van der Waals surface area contributed by atoms with E-state index in [0.29, 0.717) is 22.6 Å². The van der Waals surface area contributed by atoms with Crippen LogP contribution in [0, 0.1) is 3.57 Å². The van der Waals surface area contributed by atoms with Gasteiger partial charge >= 0.3 is 0 Å². The second-order valence-corrected chi connectivity index (χ2v) is 6.38. The van der Waals surface area contributed by atoms with Gasteiger partial charge in [-0.15, -0.1) is 0 Å². The van der Waals surface area contributed by atoms with Gasteiger partial charge < -0.3 is 4.74 Å². The molecule has 0 aliphatic rings. The number of halogens is 4. The molecule has 19 heavy (non-hydrogen) atoms. The molecule has 0 saturated carbocycles. The second kappa shape index (κ2) is 6.67. The van der Waals surface area contributed by atoms with E-state index in [0.717, 1.165) is 19.3 Å². The average Bonchev–Trinajstić information content (AvgIpc) is 2.35. The van der Waals surface area contributed by atoms with Crippen molar-refractivity contribution in [1.29, 1.82) is 0 Å². The number of rotatable bonds is 3. The fraction of sp³-hybridized carbons (Fsp3) is 0.167. The molecule has 0 spiro atoms. The predicted molar refractivity (Wildman–Crippen MR) is 88.6 cm³/mol. The molecule has 0 aliphatic heterocycles. The first-order chi connectivity index (χ1) is 9.02. The molecule has 2 aromatic rings. The van der Waals surface area contributed by atoms with Crippen molar-refractivity contribution in [3.63, 3.8) is 0 Å². The van der Waals surface area contributed by atoms with Crippen LogP contribution in [-0.4, -0.2) is 17.1 Å². The first kappa shape index (κ1) is 15.4. The van der Waals surface area contributed by atoms with Gasteiger partial charge in [-0.3, -0.25) is 0 Å². The quantitative estimate of drug-likeness (QED) is 0.466. The van der Waals surface area contributed by atoms with Gasteiger partial charge in [0.2, 0.25) is 0 Å². The van der Waals surface area contributed by atoms with E-state index in [9.17, 15) is 0 Å². The SMILES string of the molecule is COCc1nc(-c2ccc(Cl)cc2Br)nc(Cl)c1I. The third-order valence-electron chi connectivity index (χ3n) is 2.33. The molecule has 0 atom stereocenters. The summed E-state index contributed by atoms with van der Waals surface area (Å²) >= 11 is 17.6. The van der Waals surface area contributed by atoms with Crippen LogP contribution < -0.4 is 0 Å². The van der Waals surface area contributed by atoms with Gasteiger partial charge in [0, 0.05) is 22.2 Å². The van der Waals surface area contributed by atoms with E-state index >= 15 is 0 Å². The summed E-state index contributed by atoms with van der Waals surface area (Å²) < 4.78 is 6.74. The molecule has 0 N–H and O–H groups in total. The zero-order valence-electron chi connectivity index (χ0n) is 9.75. The molecule has 7 heteroatoms. The van der Waals surface area contributed by atoms with Crippen LogP contribution in [-0.2, 0) is 11.3 Å². The largest absolute Gasteiger partial charge is 0.378 e. The molecule has 0 fully saturated rings. The number of methoxy groups -OCH3 is 1. The molecule has 0 saturated heterocycles. The van der Waals surface area contributed by atoms with Crippen molar-refractivity contribution < 1.29 is 4.74 Å². The zero-order valence-corrected chi connectivity index (χ0v) is 15.0. The van der Waals surface area contributed by atoms with Crippen molar-refractivity contribution in [2.75, 3.05) is 7.11 Å². The summed E-state index contributed by atoms with van der Waals surface area (Å²) in [7, 11) is 1.62. The summed E-state index contributed by atoms with van der Waals surface area (Å²) in [6.07, 6.45) is 0. The highest BCUT2D eigenvalue weighted by atomic mass is 127. The zero-order chi connectivity index (χ0) is 14.0. The van der Waals surface area contributed by atoms with E-state index in [1.165, 1.54) is 0 Å². The predicted octanol–water partition coefficient (Wildman–Crippen LogP) is 4.96. The minimum absolute atomic E-state index is 0.388. The summed E-state index contributed by atoms with van der Waals surface area (Å²) in [5.41, 5.74) is 1.60. The van der Waals surface area contributed by atoms with Crippen molar-refractivity contribution in [1.82, 2.24) is 9.97 Å². The molecule has 1 aromatic carbocycles. The molecule has 0 radical (unpaired) electrons. The van der Waals surface area contributed by atoms with E-state index in [-0.39, 0.29) is 0 Å². The standard InChI is InChI=1S/C12H8BrCl2IN2O/c1-19-5-9-10(16)11(15)18-12(17-9)7-3-2-6(14)4-8(7)13/h2-4H,5H2,1H3. The molecule has 0 amide bonds. The summed E-state index contributed by atoms with van der Waals surface area (Å²) in [6.45, 7) is 0.388. The number of nitrogens with zero attached hydrogens (tertiary/aromatic N) is 2. The van der Waals surface area contributed by atoms with Crippen molar-refractivity contribution in [2.24, 2.45) is 0 Å². The highest BCUT2D eigenvalue weighted by Gasteiger charge is 2.14. The Balaban J connectivity index is 2.56. The van der Waals surface area contributed by atoms with Gasteiger partial charge in [0.25, 0.3) is 0 Å². The lowest BCUT2D eigenvalue weighted by molar-refractivity contribution is 0.181. The third kappa shape index (κ3) is 3.58. The highest BCUT2D eigenvalue weighted by Crippen LogP contribution is 2.31.